The zero-order valence-electron chi connectivity index (χ0n) is 17.5. The topological polar surface area (TPSA) is 44.6 Å². The number of hydrogen-bond acceptors (Lipinski definition) is 2. The molecule has 0 spiro atoms. The highest BCUT2D eigenvalue weighted by Crippen LogP contribution is 2.16. The molecule has 0 amide bonds. The Hall–Kier alpha value is -2.27. The molecule has 0 saturated carbocycles. The van der Waals surface area contributed by atoms with Gasteiger partial charge in [-0.15, -0.1) is 0 Å². The number of hydrogen-bond donors (Lipinski definition) is 2. The molecule has 0 radical (unpaired) electrons. The van der Waals surface area contributed by atoms with Gasteiger partial charge in [-0.1, -0.05) is 37.1 Å². The number of likely N-dealkylation sites (tertiary alicyclic amines) is 1. The van der Waals surface area contributed by atoms with E-state index in [0.717, 1.165) is 25.6 Å². The Kier molecular flexibility index (Phi) is 7.97. The Bertz CT molecular complexity index is 741. The van der Waals surface area contributed by atoms with Crippen LogP contribution in [0.3, 0.4) is 0 Å². The number of benzene rings is 1. The molecule has 5 heteroatoms. The highest BCUT2D eigenvalue weighted by atomic mass is 15.2. The summed E-state index contributed by atoms with van der Waals surface area (Å²) in [5.74, 6) is 0.871. The van der Waals surface area contributed by atoms with Gasteiger partial charge in [-0.25, -0.2) is 4.99 Å². The Labute approximate surface area is 169 Å². The van der Waals surface area contributed by atoms with E-state index in [1.807, 2.05) is 7.05 Å². The number of aryl methyl sites for hydroxylation is 1. The third-order valence-corrected chi connectivity index (χ3v) is 5.31. The monoisotopic (exact) mass is 381 g/mol. The molecule has 152 valence electrons. The molecule has 0 aliphatic carbocycles. The van der Waals surface area contributed by atoms with Gasteiger partial charge in [0.05, 0.1) is 6.54 Å². The van der Waals surface area contributed by atoms with E-state index in [2.05, 4.69) is 69.7 Å². The molecule has 1 aliphatic heterocycles. The van der Waals surface area contributed by atoms with Gasteiger partial charge in [0, 0.05) is 39.1 Å². The van der Waals surface area contributed by atoms with Gasteiger partial charge in [-0.05, 0) is 55.6 Å². The summed E-state index contributed by atoms with van der Waals surface area (Å²) < 4.78 is 2.06. The number of rotatable bonds is 7. The van der Waals surface area contributed by atoms with Crippen molar-refractivity contribution in [1.82, 2.24) is 20.1 Å². The summed E-state index contributed by atoms with van der Waals surface area (Å²) in [5, 5.41) is 6.88. The Morgan fingerprint density at radius 2 is 1.75 bits per heavy atom. The molecule has 1 fully saturated rings. The largest absolute Gasteiger partial charge is 0.357 e. The van der Waals surface area contributed by atoms with Gasteiger partial charge < -0.3 is 15.2 Å². The number of nitrogens with zero attached hydrogens (tertiary/aromatic N) is 3. The maximum Gasteiger partial charge on any atom is 0.191 e. The lowest BCUT2D eigenvalue weighted by Crippen LogP contribution is -2.37. The van der Waals surface area contributed by atoms with Crippen LogP contribution in [0.2, 0.25) is 0 Å². The Morgan fingerprint density at radius 3 is 2.43 bits per heavy atom. The van der Waals surface area contributed by atoms with Crippen LogP contribution in [0, 0.1) is 0 Å². The molecule has 1 aromatic heterocycles. The average molecular weight is 382 g/mol. The van der Waals surface area contributed by atoms with Crippen LogP contribution in [0.4, 0.5) is 0 Å². The SMILES string of the molecule is CCNC(=NCc1ccn(C)c1)NCc1ccccc1CN1CCCCCC1. The number of nitrogens with one attached hydrogen (secondary N) is 2. The molecule has 0 atom stereocenters. The summed E-state index contributed by atoms with van der Waals surface area (Å²) in [6.07, 6.45) is 9.59. The van der Waals surface area contributed by atoms with Gasteiger partial charge in [0.25, 0.3) is 0 Å². The number of aromatic nitrogens is 1. The molecule has 1 aliphatic rings. The lowest BCUT2D eigenvalue weighted by Gasteiger charge is -2.22. The number of aliphatic imine (C=N–C) groups is 1. The van der Waals surface area contributed by atoms with Gasteiger partial charge in [-0.3, -0.25) is 4.90 Å². The van der Waals surface area contributed by atoms with E-state index < -0.39 is 0 Å². The third kappa shape index (κ3) is 6.41. The van der Waals surface area contributed by atoms with Crippen LogP contribution in [0.15, 0.2) is 47.7 Å². The standard InChI is InChI=1S/C23H35N5/c1-3-24-23(25-16-20-12-15-27(2)18-20)26-17-21-10-6-7-11-22(21)19-28-13-8-4-5-9-14-28/h6-7,10-12,15,18H,3-5,8-9,13-14,16-17,19H2,1-2H3,(H2,24,25,26). The highest BCUT2D eigenvalue weighted by molar-refractivity contribution is 5.79. The summed E-state index contributed by atoms with van der Waals surface area (Å²) in [7, 11) is 2.04. The second-order valence-corrected chi connectivity index (χ2v) is 7.69. The van der Waals surface area contributed by atoms with Crippen molar-refractivity contribution in [2.45, 2.75) is 52.2 Å². The molecule has 0 bridgehead atoms. The van der Waals surface area contributed by atoms with E-state index in [9.17, 15) is 0 Å². The fourth-order valence-electron chi connectivity index (χ4n) is 3.76. The van der Waals surface area contributed by atoms with Crippen LogP contribution in [0.5, 0.6) is 0 Å². The van der Waals surface area contributed by atoms with Crippen LogP contribution in [0.1, 0.15) is 49.3 Å². The van der Waals surface area contributed by atoms with Crippen molar-refractivity contribution in [3.63, 3.8) is 0 Å². The third-order valence-electron chi connectivity index (χ3n) is 5.31. The minimum Gasteiger partial charge on any atom is -0.357 e. The van der Waals surface area contributed by atoms with E-state index >= 15 is 0 Å². The summed E-state index contributed by atoms with van der Waals surface area (Å²) in [4.78, 5) is 7.35. The summed E-state index contributed by atoms with van der Waals surface area (Å²) in [5.41, 5.74) is 4.01. The molecule has 5 nitrogen and oxygen atoms in total. The lowest BCUT2D eigenvalue weighted by molar-refractivity contribution is 0.276. The minimum atomic E-state index is 0.686. The first kappa shape index (κ1) is 20.5. The molecule has 1 saturated heterocycles. The Morgan fingerprint density at radius 1 is 1.00 bits per heavy atom. The maximum absolute atomic E-state index is 4.74. The molecule has 2 aromatic rings. The molecular formula is C23H35N5. The predicted molar refractivity (Wildman–Crippen MR) is 117 cm³/mol. The minimum absolute atomic E-state index is 0.686. The first-order chi connectivity index (χ1) is 13.7. The molecular weight excluding hydrogens is 346 g/mol. The van der Waals surface area contributed by atoms with Crippen LogP contribution < -0.4 is 10.6 Å². The van der Waals surface area contributed by atoms with Crippen molar-refractivity contribution in [3.8, 4) is 0 Å². The van der Waals surface area contributed by atoms with E-state index in [4.69, 9.17) is 4.99 Å². The quantitative estimate of drug-likeness (QED) is 0.568. The van der Waals surface area contributed by atoms with Crippen molar-refractivity contribution in [3.05, 3.63) is 59.4 Å². The van der Waals surface area contributed by atoms with Crippen molar-refractivity contribution in [2.75, 3.05) is 19.6 Å². The summed E-state index contributed by atoms with van der Waals surface area (Å²) in [6.45, 7) is 7.95. The van der Waals surface area contributed by atoms with E-state index in [1.54, 1.807) is 0 Å². The lowest BCUT2D eigenvalue weighted by atomic mass is 10.1. The fraction of sp³-hybridized carbons (Fsp3) is 0.522. The van der Waals surface area contributed by atoms with Crippen LogP contribution >= 0.6 is 0 Å². The zero-order valence-corrected chi connectivity index (χ0v) is 17.5. The van der Waals surface area contributed by atoms with Crippen molar-refractivity contribution in [2.24, 2.45) is 12.0 Å². The maximum atomic E-state index is 4.74. The van der Waals surface area contributed by atoms with Crippen molar-refractivity contribution < 1.29 is 0 Å². The van der Waals surface area contributed by atoms with E-state index in [0.29, 0.717) is 6.54 Å². The van der Waals surface area contributed by atoms with Crippen LogP contribution in [0.25, 0.3) is 0 Å². The fourth-order valence-corrected chi connectivity index (χ4v) is 3.76. The molecule has 28 heavy (non-hydrogen) atoms. The predicted octanol–water partition coefficient (Wildman–Crippen LogP) is 3.66. The van der Waals surface area contributed by atoms with Gasteiger partial charge in [0.1, 0.15) is 0 Å². The summed E-state index contributed by atoms with van der Waals surface area (Å²) in [6, 6.07) is 10.9. The van der Waals surface area contributed by atoms with Gasteiger partial charge >= 0.3 is 0 Å². The zero-order chi connectivity index (χ0) is 19.6. The smallest absolute Gasteiger partial charge is 0.191 e. The van der Waals surface area contributed by atoms with E-state index in [-0.39, 0.29) is 0 Å². The number of guanidine groups is 1. The van der Waals surface area contributed by atoms with Crippen LogP contribution in [-0.2, 0) is 26.7 Å². The molecule has 2 heterocycles. The van der Waals surface area contributed by atoms with E-state index in [1.165, 1.54) is 55.5 Å². The molecule has 3 rings (SSSR count). The van der Waals surface area contributed by atoms with Gasteiger partial charge in [0.15, 0.2) is 5.96 Å². The first-order valence-electron chi connectivity index (χ1n) is 10.7. The molecule has 1 aromatic carbocycles. The van der Waals surface area contributed by atoms with Crippen molar-refractivity contribution in [1.29, 1.82) is 0 Å². The average Bonchev–Trinajstić information content (AvgIpc) is 2.95. The summed E-state index contributed by atoms with van der Waals surface area (Å²) >= 11 is 0. The second-order valence-electron chi connectivity index (χ2n) is 7.69. The van der Waals surface area contributed by atoms with Crippen LogP contribution in [-0.4, -0.2) is 35.1 Å². The second kappa shape index (κ2) is 10.9. The Balaban J connectivity index is 1.61. The highest BCUT2D eigenvalue weighted by Gasteiger charge is 2.11. The van der Waals surface area contributed by atoms with Gasteiger partial charge in [-0.2, -0.15) is 0 Å². The van der Waals surface area contributed by atoms with Gasteiger partial charge in [0.2, 0.25) is 0 Å². The normalized spacial score (nSPS) is 16.0. The molecule has 2 N–H and O–H groups in total. The first-order valence-corrected chi connectivity index (χ1v) is 10.7. The van der Waals surface area contributed by atoms with Crippen molar-refractivity contribution >= 4 is 5.96 Å². The molecule has 0 unspecified atom stereocenters.